The topological polar surface area (TPSA) is 62.5 Å². The van der Waals surface area contributed by atoms with Crippen LogP contribution in [-0.4, -0.2) is 51.5 Å². The van der Waals surface area contributed by atoms with Gasteiger partial charge in [-0.25, -0.2) is 0 Å². The molecule has 162 valence electrons. The van der Waals surface area contributed by atoms with Gasteiger partial charge in [0.1, 0.15) is 0 Å². The van der Waals surface area contributed by atoms with Gasteiger partial charge in [-0.2, -0.15) is 4.98 Å². The van der Waals surface area contributed by atoms with Crippen molar-refractivity contribution in [2.24, 2.45) is 0 Å². The Labute approximate surface area is 183 Å². The molecule has 1 aromatic heterocycles. The van der Waals surface area contributed by atoms with E-state index in [-0.39, 0.29) is 5.91 Å². The molecule has 2 aromatic carbocycles. The van der Waals surface area contributed by atoms with E-state index in [0.29, 0.717) is 24.3 Å². The van der Waals surface area contributed by atoms with E-state index in [1.165, 1.54) is 5.56 Å². The Morgan fingerprint density at radius 1 is 1.13 bits per heavy atom. The number of benzene rings is 2. The minimum absolute atomic E-state index is 0.126. The summed E-state index contributed by atoms with van der Waals surface area (Å²) >= 11 is 0. The molecule has 1 aliphatic rings. The highest BCUT2D eigenvalue weighted by atomic mass is 16.5. The highest BCUT2D eigenvalue weighted by Crippen LogP contribution is 2.22. The summed E-state index contributed by atoms with van der Waals surface area (Å²) < 4.78 is 5.58. The summed E-state index contributed by atoms with van der Waals surface area (Å²) in [4.78, 5) is 21.8. The minimum Gasteiger partial charge on any atom is -0.339 e. The van der Waals surface area contributed by atoms with E-state index in [1.807, 2.05) is 47.4 Å². The van der Waals surface area contributed by atoms with Gasteiger partial charge in [-0.1, -0.05) is 54.0 Å². The van der Waals surface area contributed by atoms with E-state index in [0.717, 1.165) is 50.0 Å². The molecule has 0 bridgehead atoms. The number of aromatic nitrogens is 2. The van der Waals surface area contributed by atoms with Gasteiger partial charge in [0, 0.05) is 30.3 Å². The van der Waals surface area contributed by atoms with Crippen LogP contribution in [-0.2, 0) is 6.54 Å². The van der Waals surface area contributed by atoms with Crippen molar-refractivity contribution in [2.45, 2.75) is 45.7 Å². The standard InChI is InChI=1S/C25H30N4O2/c1-3-14-29(18-23-26-24(27-31-23)21-11-7-8-19(2)17-21)22-12-15-28(16-13-22)25(30)20-9-5-4-6-10-20/h4-11,17,22H,3,12-16,18H2,1-2H3. The summed E-state index contributed by atoms with van der Waals surface area (Å²) in [6.45, 7) is 7.41. The molecule has 0 radical (unpaired) electrons. The van der Waals surface area contributed by atoms with Crippen LogP contribution in [0.3, 0.4) is 0 Å². The quantitative estimate of drug-likeness (QED) is 0.563. The number of carbonyl (C=O) groups excluding carboxylic acids is 1. The van der Waals surface area contributed by atoms with Crippen LogP contribution in [0.4, 0.5) is 0 Å². The maximum atomic E-state index is 12.7. The zero-order valence-electron chi connectivity index (χ0n) is 18.3. The number of rotatable bonds is 7. The summed E-state index contributed by atoms with van der Waals surface area (Å²) in [6.07, 6.45) is 2.97. The first-order chi connectivity index (χ1) is 15.1. The number of aryl methyl sites for hydroxylation is 1. The average Bonchev–Trinajstić information content (AvgIpc) is 3.28. The molecule has 1 fully saturated rings. The van der Waals surface area contributed by atoms with Crippen molar-refractivity contribution in [1.82, 2.24) is 19.9 Å². The molecule has 0 spiro atoms. The van der Waals surface area contributed by atoms with Gasteiger partial charge >= 0.3 is 0 Å². The first-order valence-electron chi connectivity index (χ1n) is 11.1. The number of piperidine rings is 1. The van der Waals surface area contributed by atoms with Gasteiger partial charge in [-0.3, -0.25) is 9.69 Å². The zero-order valence-corrected chi connectivity index (χ0v) is 18.3. The van der Waals surface area contributed by atoms with Crippen molar-refractivity contribution >= 4 is 5.91 Å². The lowest BCUT2D eigenvalue weighted by atomic mass is 10.0. The Hall–Kier alpha value is -2.99. The van der Waals surface area contributed by atoms with Gasteiger partial charge in [-0.05, 0) is 50.9 Å². The van der Waals surface area contributed by atoms with E-state index in [9.17, 15) is 4.79 Å². The zero-order chi connectivity index (χ0) is 21.6. The Bertz CT molecular complexity index is 994. The van der Waals surface area contributed by atoms with Gasteiger partial charge < -0.3 is 9.42 Å². The summed E-state index contributed by atoms with van der Waals surface area (Å²) in [6, 6.07) is 18.1. The molecule has 0 aliphatic carbocycles. The van der Waals surface area contributed by atoms with Crippen LogP contribution in [0.15, 0.2) is 59.1 Å². The van der Waals surface area contributed by atoms with E-state index >= 15 is 0 Å². The molecule has 0 unspecified atom stereocenters. The molecule has 0 atom stereocenters. The highest BCUT2D eigenvalue weighted by molar-refractivity contribution is 5.94. The molecule has 6 nitrogen and oxygen atoms in total. The van der Waals surface area contributed by atoms with Gasteiger partial charge in [0.15, 0.2) is 0 Å². The summed E-state index contributed by atoms with van der Waals surface area (Å²) in [5.74, 6) is 1.41. The molecule has 31 heavy (non-hydrogen) atoms. The Kier molecular flexibility index (Phi) is 6.77. The van der Waals surface area contributed by atoms with E-state index in [1.54, 1.807) is 0 Å². The average molecular weight is 419 g/mol. The summed E-state index contributed by atoms with van der Waals surface area (Å²) in [5.41, 5.74) is 2.92. The molecule has 3 aromatic rings. The number of carbonyl (C=O) groups is 1. The lowest BCUT2D eigenvalue weighted by Crippen LogP contribution is -2.46. The number of nitrogens with zero attached hydrogens (tertiary/aromatic N) is 4. The van der Waals surface area contributed by atoms with E-state index in [4.69, 9.17) is 4.52 Å². The van der Waals surface area contributed by atoms with Crippen molar-refractivity contribution in [2.75, 3.05) is 19.6 Å². The second-order valence-corrected chi connectivity index (χ2v) is 8.24. The predicted octanol–water partition coefficient (Wildman–Crippen LogP) is 4.56. The molecular weight excluding hydrogens is 388 g/mol. The molecule has 1 saturated heterocycles. The van der Waals surface area contributed by atoms with Crippen molar-refractivity contribution < 1.29 is 9.32 Å². The van der Waals surface area contributed by atoms with Crippen LogP contribution in [0.5, 0.6) is 0 Å². The SMILES string of the molecule is CCCN(Cc1nc(-c2cccc(C)c2)no1)C1CCN(C(=O)c2ccccc2)CC1. The second kappa shape index (κ2) is 9.88. The number of amides is 1. The molecule has 2 heterocycles. The molecule has 1 amide bonds. The van der Waals surface area contributed by atoms with Crippen molar-refractivity contribution in [3.05, 3.63) is 71.6 Å². The van der Waals surface area contributed by atoms with Crippen molar-refractivity contribution in [3.63, 3.8) is 0 Å². The van der Waals surface area contributed by atoms with Crippen LogP contribution >= 0.6 is 0 Å². The summed E-state index contributed by atoms with van der Waals surface area (Å²) in [7, 11) is 0. The lowest BCUT2D eigenvalue weighted by molar-refractivity contribution is 0.0590. The fourth-order valence-electron chi connectivity index (χ4n) is 4.27. The molecule has 0 N–H and O–H groups in total. The fraction of sp³-hybridized carbons (Fsp3) is 0.400. The molecule has 4 rings (SSSR count). The Balaban J connectivity index is 1.38. The summed E-state index contributed by atoms with van der Waals surface area (Å²) in [5, 5.41) is 4.19. The number of likely N-dealkylation sites (tertiary alicyclic amines) is 1. The smallest absolute Gasteiger partial charge is 0.253 e. The Morgan fingerprint density at radius 2 is 1.90 bits per heavy atom. The molecule has 6 heteroatoms. The monoisotopic (exact) mass is 418 g/mol. The van der Waals surface area contributed by atoms with Gasteiger partial charge in [-0.15, -0.1) is 0 Å². The maximum absolute atomic E-state index is 12.7. The largest absolute Gasteiger partial charge is 0.339 e. The van der Waals surface area contributed by atoms with Gasteiger partial charge in [0.2, 0.25) is 11.7 Å². The first kappa shape index (κ1) is 21.2. The van der Waals surface area contributed by atoms with E-state index < -0.39 is 0 Å². The normalized spacial score (nSPS) is 14.9. The molecule has 0 saturated carbocycles. The third kappa shape index (κ3) is 5.20. The van der Waals surface area contributed by atoms with Crippen LogP contribution in [0.25, 0.3) is 11.4 Å². The van der Waals surface area contributed by atoms with Crippen molar-refractivity contribution in [3.8, 4) is 11.4 Å². The third-order valence-corrected chi connectivity index (χ3v) is 5.88. The van der Waals surface area contributed by atoms with Gasteiger partial charge in [0.25, 0.3) is 5.91 Å². The van der Waals surface area contributed by atoms with Crippen LogP contribution in [0, 0.1) is 6.92 Å². The number of hydrogen-bond acceptors (Lipinski definition) is 5. The minimum atomic E-state index is 0.126. The van der Waals surface area contributed by atoms with Crippen LogP contribution in [0.1, 0.15) is 48.0 Å². The third-order valence-electron chi connectivity index (χ3n) is 5.88. The second-order valence-electron chi connectivity index (χ2n) is 8.24. The fourth-order valence-corrected chi connectivity index (χ4v) is 4.27. The molecule has 1 aliphatic heterocycles. The highest BCUT2D eigenvalue weighted by Gasteiger charge is 2.28. The van der Waals surface area contributed by atoms with E-state index in [2.05, 4.69) is 41.0 Å². The van der Waals surface area contributed by atoms with Crippen LogP contribution in [0.2, 0.25) is 0 Å². The Morgan fingerprint density at radius 3 is 2.61 bits per heavy atom. The van der Waals surface area contributed by atoms with Gasteiger partial charge in [0.05, 0.1) is 6.54 Å². The lowest BCUT2D eigenvalue weighted by Gasteiger charge is -2.38. The maximum Gasteiger partial charge on any atom is 0.253 e. The number of hydrogen-bond donors (Lipinski definition) is 0. The first-order valence-corrected chi connectivity index (χ1v) is 11.1. The van der Waals surface area contributed by atoms with Crippen molar-refractivity contribution in [1.29, 1.82) is 0 Å². The predicted molar refractivity (Wildman–Crippen MR) is 121 cm³/mol. The van der Waals surface area contributed by atoms with Crippen LogP contribution < -0.4 is 0 Å². The molecular formula is C25H30N4O2.